The van der Waals surface area contributed by atoms with Crippen LogP contribution in [0.1, 0.15) is 29.2 Å². The van der Waals surface area contributed by atoms with E-state index in [0.717, 1.165) is 42.5 Å². The first-order valence-corrected chi connectivity index (χ1v) is 11.0. The zero-order valence-electron chi connectivity index (χ0n) is 18.6. The summed E-state index contributed by atoms with van der Waals surface area (Å²) < 4.78 is 16.5. The average molecular weight is 435 g/mol. The van der Waals surface area contributed by atoms with Gasteiger partial charge in [0.25, 0.3) is 0 Å². The Labute approximate surface area is 189 Å². The lowest BCUT2D eigenvalue weighted by molar-refractivity contribution is -0.121. The Morgan fingerprint density at radius 3 is 2.62 bits per heavy atom. The SMILES string of the molecule is COc1ccc(OC)c([C@@H]2CN(Cc3ccccc3)C[C@H]2NC(=O)CCc2ccco2)c1. The Bertz CT molecular complexity index is 1000. The van der Waals surface area contributed by atoms with Crippen LogP contribution in [0.5, 0.6) is 11.5 Å². The monoisotopic (exact) mass is 434 g/mol. The molecule has 0 bridgehead atoms. The molecule has 1 aromatic heterocycles. The Morgan fingerprint density at radius 1 is 1.06 bits per heavy atom. The van der Waals surface area contributed by atoms with Crippen molar-refractivity contribution in [2.45, 2.75) is 31.3 Å². The number of furan rings is 1. The number of rotatable bonds is 9. The third kappa shape index (κ3) is 5.32. The molecular weight excluding hydrogens is 404 g/mol. The number of hydrogen-bond donors (Lipinski definition) is 1. The second kappa shape index (κ2) is 10.4. The number of carbonyl (C=O) groups excluding carboxylic acids is 1. The number of nitrogens with zero attached hydrogens (tertiary/aromatic N) is 1. The van der Waals surface area contributed by atoms with Crippen LogP contribution < -0.4 is 14.8 Å². The molecule has 1 N–H and O–H groups in total. The van der Waals surface area contributed by atoms with E-state index in [-0.39, 0.29) is 17.9 Å². The van der Waals surface area contributed by atoms with Gasteiger partial charge in [-0.15, -0.1) is 0 Å². The fourth-order valence-electron chi connectivity index (χ4n) is 4.42. The van der Waals surface area contributed by atoms with E-state index < -0.39 is 0 Å². The second-order valence-electron chi connectivity index (χ2n) is 8.15. The summed E-state index contributed by atoms with van der Waals surface area (Å²) in [7, 11) is 3.34. The Hall–Kier alpha value is -3.25. The van der Waals surface area contributed by atoms with Gasteiger partial charge in [-0.05, 0) is 35.9 Å². The molecule has 1 aliphatic rings. The maximum atomic E-state index is 12.8. The van der Waals surface area contributed by atoms with Gasteiger partial charge in [-0.3, -0.25) is 9.69 Å². The molecular formula is C26H30N2O4. The topological polar surface area (TPSA) is 63.9 Å². The molecule has 0 unspecified atom stereocenters. The molecule has 0 saturated carbocycles. The summed E-state index contributed by atoms with van der Waals surface area (Å²) in [5, 5.41) is 3.28. The van der Waals surface area contributed by atoms with Gasteiger partial charge < -0.3 is 19.2 Å². The summed E-state index contributed by atoms with van der Waals surface area (Å²) in [6.07, 6.45) is 2.62. The Morgan fingerprint density at radius 2 is 1.91 bits per heavy atom. The highest BCUT2D eigenvalue weighted by Crippen LogP contribution is 2.36. The van der Waals surface area contributed by atoms with Crippen molar-refractivity contribution < 1.29 is 18.7 Å². The van der Waals surface area contributed by atoms with E-state index >= 15 is 0 Å². The number of methoxy groups -OCH3 is 2. The fraction of sp³-hybridized carbons (Fsp3) is 0.346. The molecule has 2 heterocycles. The lowest BCUT2D eigenvalue weighted by Crippen LogP contribution is -2.40. The Balaban J connectivity index is 1.52. The minimum atomic E-state index is -0.0242. The Kier molecular flexibility index (Phi) is 7.12. The summed E-state index contributed by atoms with van der Waals surface area (Å²) in [5.74, 6) is 2.54. The summed E-state index contributed by atoms with van der Waals surface area (Å²) in [6, 6.07) is 20.0. The van der Waals surface area contributed by atoms with Crippen LogP contribution in [0.25, 0.3) is 0 Å². The van der Waals surface area contributed by atoms with Crippen LogP contribution in [0.3, 0.4) is 0 Å². The minimum absolute atomic E-state index is 0.0242. The van der Waals surface area contributed by atoms with E-state index in [4.69, 9.17) is 13.9 Å². The predicted molar refractivity (Wildman–Crippen MR) is 123 cm³/mol. The van der Waals surface area contributed by atoms with Gasteiger partial charge in [-0.2, -0.15) is 0 Å². The lowest BCUT2D eigenvalue weighted by Gasteiger charge is -2.22. The van der Waals surface area contributed by atoms with E-state index in [1.807, 2.05) is 36.4 Å². The van der Waals surface area contributed by atoms with Gasteiger partial charge in [0.2, 0.25) is 5.91 Å². The zero-order valence-corrected chi connectivity index (χ0v) is 18.6. The number of amides is 1. The van der Waals surface area contributed by atoms with Crippen molar-refractivity contribution in [3.05, 3.63) is 83.8 Å². The molecule has 1 fully saturated rings. The van der Waals surface area contributed by atoms with Gasteiger partial charge in [0.15, 0.2) is 0 Å². The summed E-state index contributed by atoms with van der Waals surface area (Å²) in [6.45, 7) is 2.43. The molecule has 4 rings (SSSR count). The number of hydrogen-bond acceptors (Lipinski definition) is 5. The smallest absolute Gasteiger partial charge is 0.220 e. The van der Waals surface area contributed by atoms with Gasteiger partial charge in [-0.1, -0.05) is 30.3 Å². The number of carbonyl (C=O) groups is 1. The number of nitrogens with one attached hydrogen (secondary N) is 1. The lowest BCUT2D eigenvalue weighted by atomic mass is 9.93. The summed E-state index contributed by atoms with van der Waals surface area (Å²) >= 11 is 0. The van der Waals surface area contributed by atoms with E-state index in [0.29, 0.717) is 12.8 Å². The highest BCUT2D eigenvalue weighted by atomic mass is 16.5. The molecule has 168 valence electrons. The van der Waals surface area contributed by atoms with Crippen molar-refractivity contribution >= 4 is 5.91 Å². The van der Waals surface area contributed by atoms with E-state index in [1.54, 1.807) is 20.5 Å². The maximum absolute atomic E-state index is 12.8. The molecule has 0 aliphatic carbocycles. The van der Waals surface area contributed by atoms with Crippen LogP contribution in [0.15, 0.2) is 71.3 Å². The van der Waals surface area contributed by atoms with Crippen molar-refractivity contribution in [3.63, 3.8) is 0 Å². The first-order valence-electron chi connectivity index (χ1n) is 11.0. The van der Waals surface area contributed by atoms with Crippen molar-refractivity contribution in [1.29, 1.82) is 0 Å². The summed E-state index contributed by atoms with van der Waals surface area (Å²) in [4.78, 5) is 15.2. The average Bonchev–Trinajstić information content (AvgIpc) is 3.48. The molecule has 6 nitrogen and oxygen atoms in total. The molecule has 0 spiro atoms. The van der Waals surface area contributed by atoms with E-state index in [9.17, 15) is 4.79 Å². The van der Waals surface area contributed by atoms with E-state index in [2.05, 4.69) is 34.5 Å². The highest BCUT2D eigenvalue weighted by molar-refractivity contribution is 5.76. The quantitative estimate of drug-likeness (QED) is 0.551. The minimum Gasteiger partial charge on any atom is -0.497 e. The van der Waals surface area contributed by atoms with Crippen LogP contribution >= 0.6 is 0 Å². The number of benzene rings is 2. The van der Waals surface area contributed by atoms with Gasteiger partial charge in [0.05, 0.1) is 20.5 Å². The number of likely N-dealkylation sites (tertiary alicyclic amines) is 1. The third-order valence-electron chi connectivity index (χ3n) is 6.01. The van der Waals surface area contributed by atoms with Gasteiger partial charge in [-0.25, -0.2) is 0 Å². The fourth-order valence-corrected chi connectivity index (χ4v) is 4.42. The van der Waals surface area contributed by atoms with Crippen molar-refractivity contribution in [2.24, 2.45) is 0 Å². The predicted octanol–water partition coefficient (Wildman–Crippen LogP) is 4.01. The highest BCUT2D eigenvalue weighted by Gasteiger charge is 2.36. The molecule has 1 amide bonds. The first kappa shape index (κ1) is 22.0. The van der Waals surface area contributed by atoms with Crippen LogP contribution in [0.4, 0.5) is 0 Å². The molecule has 3 aromatic rings. The number of aryl methyl sites for hydroxylation is 1. The summed E-state index contributed by atoms with van der Waals surface area (Å²) in [5.41, 5.74) is 2.31. The van der Waals surface area contributed by atoms with Gasteiger partial charge in [0.1, 0.15) is 17.3 Å². The maximum Gasteiger partial charge on any atom is 0.220 e. The van der Waals surface area contributed by atoms with Gasteiger partial charge in [0, 0.05) is 50.0 Å². The number of ether oxygens (including phenoxy) is 2. The first-order chi connectivity index (χ1) is 15.7. The molecule has 1 aliphatic heterocycles. The second-order valence-corrected chi connectivity index (χ2v) is 8.15. The van der Waals surface area contributed by atoms with Crippen LogP contribution in [-0.2, 0) is 17.8 Å². The largest absolute Gasteiger partial charge is 0.497 e. The standard InChI is InChI=1S/C26H30N2O4/c1-30-21-10-12-25(31-2)22(15-21)23-17-28(16-19-7-4-3-5-8-19)18-24(23)27-26(29)13-11-20-9-6-14-32-20/h3-10,12,14-15,23-24H,11,13,16-18H2,1-2H3,(H,27,29)/t23-,24+/m0/s1. The van der Waals surface area contributed by atoms with Crippen LogP contribution in [0.2, 0.25) is 0 Å². The molecule has 2 aromatic carbocycles. The van der Waals surface area contributed by atoms with Crippen LogP contribution in [-0.4, -0.2) is 44.2 Å². The zero-order chi connectivity index (χ0) is 22.3. The van der Waals surface area contributed by atoms with E-state index in [1.165, 1.54) is 5.56 Å². The van der Waals surface area contributed by atoms with Crippen molar-refractivity contribution in [1.82, 2.24) is 10.2 Å². The third-order valence-corrected chi connectivity index (χ3v) is 6.01. The molecule has 0 radical (unpaired) electrons. The van der Waals surface area contributed by atoms with Crippen molar-refractivity contribution in [2.75, 3.05) is 27.3 Å². The molecule has 32 heavy (non-hydrogen) atoms. The van der Waals surface area contributed by atoms with Gasteiger partial charge >= 0.3 is 0 Å². The molecule has 2 atom stereocenters. The molecule has 6 heteroatoms. The normalized spacial score (nSPS) is 18.4. The molecule has 1 saturated heterocycles. The van der Waals surface area contributed by atoms with Crippen molar-refractivity contribution in [3.8, 4) is 11.5 Å². The van der Waals surface area contributed by atoms with Crippen LogP contribution in [0, 0.1) is 0 Å².